The normalized spacial score (nSPS) is 10.5. The fraction of sp³-hybridized carbons (Fsp3) is 0.364. The molecule has 2 amide bonds. The first-order chi connectivity index (χ1) is 13.3. The third-order valence-corrected chi connectivity index (χ3v) is 4.68. The summed E-state index contributed by atoms with van der Waals surface area (Å²) in [6.45, 7) is 9.59. The Hall–Kier alpha value is -2.89. The van der Waals surface area contributed by atoms with E-state index in [-0.39, 0.29) is 24.8 Å². The Kier molecular flexibility index (Phi) is 7.55. The van der Waals surface area contributed by atoms with Crippen molar-refractivity contribution in [1.29, 1.82) is 0 Å². The molecule has 5 nitrogen and oxygen atoms in total. The Morgan fingerprint density at radius 1 is 1.04 bits per heavy atom. The zero-order chi connectivity index (χ0) is 20.7. The van der Waals surface area contributed by atoms with Crippen LogP contribution in [0, 0.1) is 12.7 Å². The first kappa shape index (κ1) is 21.4. The number of hydrogen-bond donors (Lipinski definition) is 1. The first-order valence-corrected chi connectivity index (χ1v) is 9.54. The third-order valence-electron chi connectivity index (χ3n) is 4.68. The van der Waals surface area contributed by atoms with E-state index in [2.05, 4.69) is 30.1 Å². The molecule has 0 spiro atoms. The quantitative estimate of drug-likeness (QED) is 0.734. The van der Waals surface area contributed by atoms with E-state index < -0.39 is 5.82 Å². The minimum atomic E-state index is -0.419. The Labute approximate surface area is 166 Å². The van der Waals surface area contributed by atoms with Gasteiger partial charge in [-0.2, -0.15) is 0 Å². The van der Waals surface area contributed by atoms with E-state index in [4.69, 9.17) is 0 Å². The molecule has 2 aromatic rings. The van der Waals surface area contributed by atoms with E-state index in [1.165, 1.54) is 24.0 Å². The summed E-state index contributed by atoms with van der Waals surface area (Å²) < 4.78 is 13.4. The van der Waals surface area contributed by atoms with Gasteiger partial charge in [0.2, 0.25) is 11.8 Å². The van der Waals surface area contributed by atoms with Crippen molar-refractivity contribution < 1.29 is 14.0 Å². The maximum absolute atomic E-state index is 13.4. The Bertz CT molecular complexity index is 834. The summed E-state index contributed by atoms with van der Waals surface area (Å²) in [4.78, 5) is 27.9. The highest BCUT2D eigenvalue weighted by Gasteiger charge is 2.15. The van der Waals surface area contributed by atoms with Crippen LogP contribution in [-0.4, -0.2) is 31.4 Å². The second kappa shape index (κ2) is 9.88. The van der Waals surface area contributed by atoms with Crippen LogP contribution in [0.2, 0.25) is 0 Å². The molecular weight excluding hydrogens is 357 g/mol. The zero-order valence-electron chi connectivity index (χ0n) is 17.0. The van der Waals surface area contributed by atoms with Crippen molar-refractivity contribution in [3.63, 3.8) is 0 Å². The van der Waals surface area contributed by atoms with Crippen LogP contribution < -0.4 is 15.1 Å². The number of nitrogens with one attached hydrogen (secondary N) is 1. The van der Waals surface area contributed by atoms with Gasteiger partial charge in [-0.3, -0.25) is 9.59 Å². The molecule has 0 aliphatic rings. The number of aryl methyl sites for hydroxylation is 1. The molecule has 150 valence electrons. The molecule has 0 aliphatic carbocycles. The van der Waals surface area contributed by atoms with Crippen molar-refractivity contribution in [2.45, 2.75) is 34.1 Å². The van der Waals surface area contributed by atoms with Gasteiger partial charge in [-0.25, -0.2) is 4.39 Å². The minimum absolute atomic E-state index is 0.118. The molecule has 2 rings (SSSR count). The maximum atomic E-state index is 13.4. The Balaban J connectivity index is 2.02. The lowest BCUT2D eigenvalue weighted by atomic mass is 10.1. The number of halogens is 1. The summed E-state index contributed by atoms with van der Waals surface area (Å²) >= 11 is 0. The molecule has 0 fully saturated rings. The standard InChI is InChI=1S/C22H28FN3O2/c1-5-25(6-2)19-10-11-21(16(3)14-19)24-22(28)12-13-26(17(4)27)20-9-7-8-18(23)15-20/h7-11,14-15H,5-6,12-13H2,1-4H3,(H,24,28). The topological polar surface area (TPSA) is 52.7 Å². The van der Waals surface area contributed by atoms with Crippen LogP contribution in [0.3, 0.4) is 0 Å². The molecule has 2 aromatic carbocycles. The van der Waals surface area contributed by atoms with Crippen molar-refractivity contribution in [1.82, 2.24) is 0 Å². The molecule has 1 N–H and O–H groups in total. The van der Waals surface area contributed by atoms with Gasteiger partial charge in [-0.1, -0.05) is 6.07 Å². The van der Waals surface area contributed by atoms with E-state index in [0.29, 0.717) is 5.69 Å². The van der Waals surface area contributed by atoms with Crippen molar-refractivity contribution in [2.24, 2.45) is 0 Å². The number of carbonyl (C=O) groups is 2. The zero-order valence-corrected chi connectivity index (χ0v) is 17.0. The van der Waals surface area contributed by atoms with Gasteiger partial charge in [-0.05, 0) is 62.7 Å². The van der Waals surface area contributed by atoms with Gasteiger partial charge in [0, 0.05) is 50.0 Å². The van der Waals surface area contributed by atoms with Gasteiger partial charge >= 0.3 is 0 Å². The maximum Gasteiger partial charge on any atom is 0.226 e. The second-order valence-electron chi connectivity index (χ2n) is 6.62. The van der Waals surface area contributed by atoms with Crippen LogP contribution in [0.1, 0.15) is 32.8 Å². The number of carbonyl (C=O) groups excluding carboxylic acids is 2. The number of rotatable bonds is 8. The van der Waals surface area contributed by atoms with E-state index in [1.54, 1.807) is 12.1 Å². The van der Waals surface area contributed by atoms with E-state index in [0.717, 1.165) is 30.0 Å². The highest BCUT2D eigenvalue weighted by Crippen LogP contribution is 2.23. The molecule has 28 heavy (non-hydrogen) atoms. The van der Waals surface area contributed by atoms with Crippen molar-refractivity contribution in [2.75, 3.05) is 34.8 Å². The molecule has 0 saturated heterocycles. The van der Waals surface area contributed by atoms with Crippen LogP contribution in [0.25, 0.3) is 0 Å². The molecule has 6 heteroatoms. The summed E-state index contributed by atoms with van der Waals surface area (Å²) in [6, 6.07) is 11.7. The van der Waals surface area contributed by atoms with Crippen molar-refractivity contribution in [3.8, 4) is 0 Å². The summed E-state index contributed by atoms with van der Waals surface area (Å²) in [6.07, 6.45) is 0.118. The summed E-state index contributed by atoms with van der Waals surface area (Å²) in [7, 11) is 0. The SMILES string of the molecule is CCN(CC)c1ccc(NC(=O)CCN(C(C)=O)c2cccc(F)c2)c(C)c1. The Morgan fingerprint density at radius 3 is 2.32 bits per heavy atom. The number of nitrogens with zero attached hydrogens (tertiary/aromatic N) is 2. The van der Waals surface area contributed by atoms with Crippen LogP contribution in [0.5, 0.6) is 0 Å². The smallest absolute Gasteiger partial charge is 0.226 e. The minimum Gasteiger partial charge on any atom is -0.372 e. The van der Waals surface area contributed by atoms with Crippen LogP contribution >= 0.6 is 0 Å². The lowest BCUT2D eigenvalue weighted by Gasteiger charge is -2.23. The number of anilines is 3. The number of hydrogen-bond acceptors (Lipinski definition) is 3. The average Bonchev–Trinajstić information content (AvgIpc) is 2.65. The van der Waals surface area contributed by atoms with Gasteiger partial charge in [0.1, 0.15) is 5.82 Å². The van der Waals surface area contributed by atoms with Crippen LogP contribution in [0.4, 0.5) is 21.5 Å². The lowest BCUT2D eigenvalue weighted by Crippen LogP contribution is -2.32. The highest BCUT2D eigenvalue weighted by molar-refractivity contribution is 5.95. The van der Waals surface area contributed by atoms with Crippen molar-refractivity contribution in [3.05, 3.63) is 53.8 Å². The average molecular weight is 385 g/mol. The summed E-state index contributed by atoms with van der Waals surface area (Å²) in [5.41, 5.74) is 3.29. The number of amides is 2. The summed E-state index contributed by atoms with van der Waals surface area (Å²) in [5.74, 6) is -0.850. The largest absolute Gasteiger partial charge is 0.372 e. The van der Waals surface area contributed by atoms with Gasteiger partial charge in [-0.15, -0.1) is 0 Å². The fourth-order valence-corrected chi connectivity index (χ4v) is 3.11. The van der Waals surface area contributed by atoms with Crippen LogP contribution in [0.15, 0.2) is 42.5 Å². The lowest BCUT2D eigenvalue weighted by molar-refractivity contribution is -0.117. The molecule has 0 atom stereocenters. The van der Waals surface area contributed by atoms with Gasteiger partial charge in [0.25, 0.3) is 0 Å². The second-order valence-corrected chi connectivity index (χ2v) is 6.62. The van der Waals surface area contributed by atoms with E-state index in [9.17, 15) is 14.0 Å². The molecule has 0 aromatic heterocycles. The van der Waals surface area contributed by atoms with E-state index in [1.807, 2.05) is 19.1 Å². The molecule has 0 heterocycles. The number of benzene rings is 2. The predicted octanol–water partition coefficient (Wildman–Crippen LogP) is 4.36. The molecule has 0 aliphatic heterocycles. The van der Waals surface area contributed by atoms with Crippen molar-refractivity contribution >= 4 is 28.9 Å². The monoisotopic (exact) mass is 385 g/mol. The third kappa shape index (κ3) is 5.55. The van der Waals surface area contributed by atoms with Crippen LogP contribution in [-0.2, 0) is 9.59 Å². The first-order valence-electron chi connectivity index (χ1n) is 9.54. The highest BCUT2D eigenvalue weighted by atomic mass is 19.1. The molecular formula is C22H28FN3O2. The van der Waals surface area contributed by atoms with Gasteiger partial charge < -0.3 is 15.1 Å². The van der Waals surface area contributed by atoms with Gasteiger partial charge in [0.15, 0.2) is 0 Å². The molecule has 0 unspecified atom stereocenters. The Morgan fingerprint density at radius 2 is 1.75 bits per heavy atom. The molecule has 0 saturated carbocycles. The summed E-state index contributed by atoms with van der Waals surface area (Å²) in [5, 5.41) is 2.90. The molecule has 0 bridgehead atoms. The van der Waals surface area contributed by atoms with Gasteiger partial charge in [0.05, 0.1) is 0 Å². The fourth-order valence-electron chi connectivity index (χ4n) is 3.11. The molecule has 0 radical (unpaired) electrons. The van der Waals surface area contributed by atoms with E-state index >= 15 is 0 Å². The predicted molar refractivity (Wildman–Crippen MR) is 112 cm³/mol.